The van der Waals surface area contributed by atoms with Crippen molar-refractivity contribution in [3.05, 3.63) is 0 Å². The van der Waals surface area contributed by atoms with Gasteiger partial charge in [-0.2, -0.15) is 11.8 Å². The summed E-state index contributed by atoms with van der Waals surface area (Å²) in [7, 11) is 0. The molecule has 1 aliphatic rings. The van der Waals surface area contributed by atoms with Crippen molar-refractivity contribution in [2.24, 2.45) is 0 Å². The van der Waals surface area contributed by atoms with Crippen LogP contribution in [0.4, 0.5) is 4.79 Å². The average Bonchev–Trinajstić information content (AvgIpc) is 2.29. The normalized spacial score (nSPS) is 16.3. The summed E-state index contributed by atoms with van der Waals surface area (Å²) in [5.74, 6) is 0.861. The van der Waals surface area contributed by atoms with Gasteiger partial charge in [-0.3, -0.25) is 0 Å². The predicted octanol–water partition coefficient (Wildman–Crippen LogP) is 3.19. The van der Waals surface area contributed by atoms with E-state index in [1.54, 1.807) is 11.8 Å². The van der Waals surface area contributed by atoms with Crippen LogP contribution in [-0.2, 0) is 4.74 Å². The molecule has 1 aliphatic carbocycles. The first-order valence-electron chi connectivity index (χ1n) is 6.98. The number of aliphatic hydroxyl groups is 1. The maximum absolute atomic E-state index is 11.4. The molecule has 0 aliphatic heterocycles. The minimum absolute atomic E-state index is 0.274. The Morgan fingerprint density at radius 3 is 2.26 bits per heavy atom. The molecule has 4 nitrogen and oxygen atoms in total. The maximum Gasteiger partial charge on any atom is 0.407 e. The molecule has 1 saturated carbocycles. The topological polar surface area (TPSA) is 58.6 Å². The van der Waals surface area contributed by atoms with E-state index < -0.39 is 5.60 Å². The molecule has 0 saturated heterocycles. The van der Waals surface area contributed by atoms with Gasteiger partial charge in [0.05, 0.1) is 6.61 Å². The first kappa shape index (κ1) is 18.6. The van der Waals surface area contributed by atoms with Gasteiger partial charge in [-0.05, 0) is 39.9 Å². The molecule has 114 valence electrons. The fourth-order valence-electron chi connectivity index (χ4n) is 1.81. The second kappa shape index (κ2) is 10.4. The van der Waals surface area contributed by atoms with Gasteiger partial charge in [0.25, 0.3) is 0 Å². The second-order valence-corrected chi connectivity index (χ2v) is 6.68. The molecule has 0 spiro atoms. The molecule has 0 atom stereocenters. The van der Waals surface area contributed by atoms with Crippen LogP contribution in [0.15, 0.2) is 0 Å². The van der Waals surface area contributed by atoms with Crippen molar-refractivity contribution in [3.63, 3.8) is 0 Å². The van der Waals surface area contributed by atoms with Crippen molar-refractivity contribution in [1.82, 2.24) is 5.32 Å². The third kappa shape index (κ3) is 12.4. The van der Waals surface area contributed by atoms with Gasteiger partial charge in [0.15, 0.2) is 0 Å². The molecule has 0 radical (unpaired) electrons. The van der Waals surface area contributed by atoms with E-state index in [0.717, 1.165) is 18.6 Å². The van der Waals surface area contributed by atoms with Crippen molar-refractivity contribution in [1.29, 1.82) is 0 Å². The molecule has 1 amide bonds. The minimum atomic E-state index is -0.390. The fraction of sp³-hybridized carbons (Fsp3) is 0.929. The third-order valence-corrected chi connectivity index (χ3v) is 3.21. The Kier molecular flexibility index (Phi) is 10.1. The Hall–Kier alpha value is -0.420. The third-order valence-electron chi connectivity index (χ3n) is 2.62. The average molecular weight is 291 g/mol. The van der Waals surface area contributed by atoms with E-state index in [0.29, 0.717) is 12.6 Å². The number of amides is 1. The monoisotopic (exact) mass is 291 g/mol. The Morgan fingerprint density at radius 2 is 1.89 bits per heavy atom. The van der Waals surface area contributed by atoms with Gasteiger partial charge in [0.2, 0.25) is 0 Å². The Morgan fingerprint density at radius 1 is 1.32 bits per heavy atom. The molecule has 0 unspecified atom stereocenters. The Balaban J connectivity index is 0.000000555. The van der Waals surface area contributed by atoms with Crippen LogP contribution >= 0.6 is 11.8 Å². The van der Waals surface area contributed by atoms with Crippen molar-refractivity contribution < 1.29 is 14.6 Å². The quantitative estimate of drug-likeness (QED) is 0.838. The molecule has 5 heteroatoms. The van der Waals surface area contributed by atoms with Gasteiger partial charge in [-0.1, -0.05) is 19.3 Å². The number of hydrogen-bond acceptors (Lipinski definition) is 4. The lowest BCUT2D eigenvalue weighted by atomic mass is 9.96. The second-order valence-electron chi connectivity index (χ2n) is 5.70. The van der Waals surface area contributed by atoms with Crippen LogP contribution in [0.1, 0.15) is 52.9 Å². The number of thioether (sulfide) groups is 1. The highest BCUT2D eigenvalue weighted by molar-refractivity contribution is 7.98. The van der Waals surface area contributed by atoms with E-state index in [-0.39, 0.29) is 6.09 Å². The van der Waals surface area contributed by atoms with Crippen LogP contribution in [0.3, 0.4) is 0 Å². The van der Waals surface area contributed by atoms with Crippen LogP contribution in [0.5, 0.6) is 0 Å². The van der Waals surface area contributed by atoms with Crippen molar-refractivity contribution >= 4 is 17.9 Å². The van der Waals surface area contributed by atoms with Crippen molar-refractivity contribution in [2.45, 2.75) is 64.5 Å². The molecule has 0 aromatic heterocycles. The number of aliphatic hydroxyl groups excluding tert-OH is 1. The van der Waals surface area contributed by atoms with Crippen molar-refractivity contribution in [3.8, 4) is 0 Å². The lowest BCUT2D eigenvalue weighted by molar-refractivity contribution is 0.0493. The minimum Gasteiger partial charge on any atom is -0.444 e. The van der Waals surface area contributed by atoms with Crippen LogP contribution in [-0.4, -0.2) is 41.5 Å². The highest BCUT2D eigenvalue weighted by Gasteiger charge is 2.20. The molecule has 0 aromatic rings. The summed E-state index contributed by atoms with van der Waals surface area (Å²) < 4.78 is 5.19. The van der Waals surface area contributed by atoms with Crippen LogP contribution < -0.4 is 5.32 Å². The smallest absolute Gasteiger partial charge is 0.407 e. The van der Waals surface area contributed by atoms with Gasteiger partial charge in [-0.15, -0.1) is 0 Å². The standard InChI is InChI=1S/C11H21NO2.C3H8OS/c1-11(2,3)14-10(13)12-9-7-5-4-6-8-9;1-5-3-2-4/h9H,4-8H2,1-3H3,(H,12,13);4H,2-3H2,1H3. The summed E-state index contributed by atoms with van der Waals surface area (Å²) in [6.45, 7) is 5.95. The molecule has 0 aromatic carbocycles. The largest absolute Gasteiger partial charge is 0.444 e. The van der Waals surface area contributed by atoms with Crippen LogP contribution in [0.25, 0.3) is 0 Å². The zero-order valence-electron chi connectivity index (χ0n) is 12.7. The first-order valence-corrected chi connectivity index (χ1v) is 8.37. The van der Waals surface area contributed by atoms with Crippen LogP contribution in [0, 0.1) is 0 Å². The van der Waals surface area contributed by atoms with E-state index in [4.69, 9.17) is 9.84 Å². The summed E-state index contributed by atoms with van der Waals surface area (Å²) in [5, 5.41) is 11.0. The number of hydrogen-bond donors (Lipinski definition) is 2. The SMILES string of the molecule is CC(C)(C)OC(=O)NC1CCCCC1.CSCCO. The van der Waals surface area contributed by atoms with Gasteiger partial charge in [0.1, 0.15) is 5.60 Å². The number of carbonyl (C=O) groups is 1. The molecule has 1 rings (SSSR count). The Labute approximate surface area is 121 Å². The zero-order chi connectivity index (χ0) is 14.7. The molecular formula is C14H29NO3S. The highest BCUT2D eigenvalue weighted by atomic mass is 32.2. The van der Waals surface area contributed by atoms with E-state index in [1.165, 1.54) is 19.3 Å². The highest BCUT2D eigenvalue weighted by Crippen LogP contribution is 2.18. The molecule has 19 heavy (non-hydrogen) atoms. The van der Waals surface area contributed by atoms with Gasteiger partial charge >= 0.3 is 6.09 Å². The van der Waals surface area contributed by atoms with Crippen LogP contribution in [0.2, 0.25) is 0 Å². The number of ether oxygens (including phenoxy) is 1. The maximum atomic E-state index is 11.4. The number of alkyl carbamates (subject to hydrolysis) is 1. The van der Waals surface area contributed by atoms with Crippen molar-refractivity contribution in [2.75, 3.05) is 18.6 Å². The van der Waals surface area contributed by atoms with Gasteiger partial charge < -0.3 is 15.2 Å². The molecule has 1 fully saturated rings. The summed E-state index contributed by atoms with van der Waals surface area (Å²) >= 11 is 1.65. The molecule has 2 N–H and O–H groups in total. The number of rotatable bonds is 3. The lowest BCUT2D eigenvalue weighted by Gasteiger charge is -2.25. The zero-order valence-corrected chi connectivity index (χ0v) is 13.5. The molecular weight excluding hydrogens is 262 g/mol. The number of nitrogens with one attached hydrogen (secondary N) is 1. The fourth-order valence-corrected chi connectivity index (χ4v) is 2.00. The van der Waals surface area contributed by atoms with Gasteiger partial charge in [-0.25, -0.2) is 4.79 Å². The summed E-state index contributed by atoms with van der Waals surface area (Å²) in [6.07, 6.45) is 7.63. The number of carbonyl (C=O) groups excluding carboxylic acids is 1. The first-order chi connectivity index (χ1) is 8.89. The predicted molar refractivity (Wildman–Crippen MR) is 81.7 cm³/mol. The van der Waals surface area contributed by atoms with Gasteiger partial charge in [0, 0.05) is 11.8 Å². The lowest BCUT2D eigenvalue weighted by Crippen LogP contribution is -2.39. The summed E-state index contributed by atoms with van der Waals surface area (Å²) in [6, 6.07) is 0.332. The molecule has 0 bridgehead atoms. The summed E-state index contributed by atoms with van der Waals surface area (Å²) in [5.41, 5.74) is -0.390. The van der Waals surface area contributed by atoms with E-state index in [2.05, 4.69) is 5.32 Å². The Bertz CT molecular complexity index is 233. The van der Waals surface area contributed by atoms with E-state index in [9.17, 15) is 4.79 Å². The van der Waals surface area contributed by atoms with E-state index >= 15 is 0 Å². The molecule has 0 heterocycles. The summed E-state index contributed by atoms with van der Waals surface area (Å²) in [4.78, 5) is 11.4. The van der Waals surface area contributed by atoms with E-state index in [1.807, 2.05) is 27.0 Å².